The molecular weight excluding hydrogens is 302 g/mol. The first-order chi connectivity index (χ1) is 10.5. The van der Waals surface area contributed by atoms with Crippen molar-refractivity contribution in [1.82, 2.24) is 0 Å². The number of primary amides is 1. The molecule has 4 N–H and O–H groups in total. The Hall–Kier alpha value is -2.53. The van der Waals surface area contributed by atoms with Crippen molar-refractivity contribution in [2.45, 2.75) is 13.0 Å². The number of hydrogen-bond donors (Lipinski definition) is 3. The Labute approximate surface area is 133 Å². The molecule has 0 saturated carbocycles. The van der Waals surface area contributed by atoms with E-state index < -0.39 is 11.9 Å². The van der Waals surface area contributed by atoms with Gasteiger partial charge in [-0.15, -0.1) is 0 Å². The first kappa shape index (κ1) is 15.9. The monoisotopic (exact) mass is 317 g/mol. The second-order valence-electron chi connectivity index (χ2n) is 4.81. The molecule has 0 heterocycles. The topological polar surface area (TPSA) is 84.2 Å². The maximum Gasteiger partial charge on any atom is 0.248 e. The van der Waals surface area contributed by atoms with Crippen molar-refractivity contribution in [2.24, 2.45) is 5.73 Å². The van der Waals surface area contributed by atoms with E-state index in [1.807, 2.05) is 0 Å². The Balaban J connectivity index is 2.02. The molecule has 2 aromatic carbocycles. The average molecular weight is 318 g/mol. The minimum Gasteiger partial charge on any atom is -0.374 e. The molecule has 2 amide bonds. The molecule has 0 aliphatic rings. The van der Waals surface area contributed by atoms with Gasteiger partial charge in [0.25, 0.3) is 0 Å². The highest BCUT2D eigenvalue weighted by Gasteiger charge is 2.13. The molecule has 0 saturated heterocycles. The number of rotatable bonds is 5. The van der Waals surface area contributed by atoms with Gasteiger partial charge in [0.2, 0.25) is 11.8 Å². The van der Waals surface area contributed by atoms with Crippen LogP contribution in [0.15, 0.2) is 48.5 Å². The molecule has 22 heavy (non-hydrogen) atoms. The number of halogens is 1. The normalized spacial score (nSPS) is 11.5. The van der Waals surface area contributed by atoms with Crippen LogP contribution in [0, 0.1) is 0 Å². The molecule has 114 valence electrons. The summed E-state index contributed by atoms with van der Waals surface area (Å²) >= 11 is 5.87. The molecule has 2 rings (SSSR count). The van der Waals surface area contributed by atoms with Crippen molar-refractivity contribution < 1.29 is 9.59 Å². The maximum atomic E-state index is 12.1. The first-order valence-electron chi connectivity index (χ1n) is 6.68. The third kappa shape index (κ3) is 4.23. The van der Waals surface area contributed by atoms with Gasteiger partial charge in [-0.25, -0.2) is 0 Å². The zero-order valence-electron chi connectivity index (χ0n) is 12.0. The highest BCUT2D eigenvalue weighted by Crippen LogP contribution is 2.16. The van der Waals surface area contributed by atoms with Gasteiger partial charge in [-0.05, 0) is 43.3 Å². The second-order valence-corrected chi connectivity index (χ2v) is 5.25. The third-order valence-corrected chi connectivity index (χ3v) is 3.25. The largest absolute Gasteiger partial charge is 0.374 e. The van der Waals surface area contributed by atoms with Gasteiger partial charge >= 0.3 is 0 Å². The maximum absolute atomic E-state index is 12.1. The number of nitrogens with one attached hydrogen (secondary N) is 2. The van der Waals surface area contributed by atoms with Crippen molar-refractivity contribution in [3.05, 3.63) is 59.1 Å². The van der Waals surface area contributed by atoms with E-state index in [0.29, 0.717) is 22.0 Å². The standard InChI is InChI=1S/C16H16ClN3O2/c1-10(16(22)20-14-7-3-5-12(17)9-14)19-13-6-2-4-11(8-13)15(18)21/h2-10,19H,1H3,(H2,18,21)(H,20,22). The van der Waals surface area contributed by atoms with Crippen molar-refractivity contribution in [2.75, 3.05) is 10.6 Å². The highest BCUT2D eigenvalue weighted by molar-refractivity contribution is 6.30. The van der Waals surface area contributed by atoms with Crippen LogP contribution in [-0.2, 0) is 4.79 Å². The van der Waals surface area contributed by atoms with E-state index in [0.717, 1.165) is 0 Å². The fourth-order valence-corrected chi connectivity index (χ4v) is 2.08. The number of carbonyl (C=O) groups excluding carboxylic acids is 2. The van der Waals surface area contributed by atoms with Crippen LogP contribution < -0.4 is 16.4 Å². The molecule has 1 unspecified atom stereocenters. The molecule has 0 aromatic heterocycles. The van der Waals surface area contributed by atoms with Gasteiger partial charge in [0.05, 0.1) is 0 Å². The van der Waals surface area contributed by atoms with Gasteiger partial charge in [-0.1, -0.05) is 23.7 Å². The summed E-state index contributed by atoms with van der Waals surface area (Å²) in [6.45, 7) is 1.72. The van der Waals surface area contributed by atoms with Crippen molar-refractivity contribution >= 4 is 34.8 Å². The predicted molar refractivity (Wildman–Crippen MR) is 88.1 cm³/mol. The van der Waals surface area contributed by atoms with Crippen molar-refractivity contribution in [3.63, 3.8) is 0 Å². The van der Waals surface area contributed by atoms with Crippen molar-refractivity contribution in [3.8, 4) is 0 Å². The first-order valence-corrected chi connectivity index (χ1v) is 7.06. The van der Waals surface area contributed by atoms with E-state index >= 15 is 0 Å². The minimum absolute atomic E-state index is 0.216. The van der Waals surface area contributed by atoms with Crippen LogP contribution >= 0.6 is 11.6 Å². The molecule has 0 bridgehead atoms. The van der Waals surface area contributed by atoms with Crippen LogP contribution in [0.3, 0.4) is 0 Å². The van der Waals surface area contributed by atoms with Crippen LogP contribution in [0.2, 0.25) is 5.02 Å². The molecule has 1 atom stereocenters. The number of nitrogens with two attached hydrogens (primary N) is 1. The van der Waals surface area contributed by atoms with E-state index in [-0.39, 0.29) is 5.91 Å². The van der Waals surface area contributed by atoms with Gasteiger partial charge in [0.15, 0.2) is 0 Å². The summed E-state index contributed by atoms with van der Waals surface area (Å²) in [6, 6.07) is 13.1. The Bertz CT molecular complexity index is 703. The number of carbonyl (C=O) groups is 2. The smallest absolute Gasteiger partial charge is 0.248 e. The number of hydrogen-bond acceptors (Lipinski definition) is 3. The van der Waals surface area contributed by atoms with Crippen LogP contribution in [0.25, 0.3) is 0 Å². The Kier molecular flexibility index (Phi) is 5.01. The SMILES string of the molecule is CC(Nc1cccc(C(N)=O)c1)C(=O)Nc1cccc(Cl)c1. The Morgan fingerprint density at radius 3 is 2.45 bits per heavy atom. The number of anilines is 2. The average Bonchev–Trinajstić information content (AvgIpc) is 2.47. The van der Waals surface area contributed by atoms with Crippen LogP contribution in [-0.4, -0.2) is 17.9 Å². The third-order valence-electron chi connectivity index (χ3n) is 3.02. The minimum atomic E-state index is -0.514. The van der Waals surface area contributed by atoms with Crippen LogP contribution in [0.1, 0.15) is 17.3 Å². The molecular formula is C16H16ClN3O2. The van der Waals surface area contributed by atoms with Gasteiger partial charge in [-0.2, -0.15) is 0 Å². The molecule has 5 nitrogen and oxygen atoms in total. The fourth-order valence-electron chi connectivity index (χ4n) is 1.89. The van der Waals surface area contributed by atoms with E-state index in [4.69, 9.17) is 17.3 Å². The van der Waals surface area contributed by atoms with Crippen LogP contribution in [0.5, 0.6) is 0 Å². The van der Waals surface area contributed by atoms with E-state index in [9.17, 15) is 9.59 Å². The second kappa shape index (κ2) is 6.95. The highest BCUT2D eigenvalue weighted by atomic mass is 35.5. The predicted octanol–water partition coefficient (Wildman–Crippen LogP) is 2.88. The van der Waals surface area contributed by atoms with Gasteiger partial charge in [0, 0.05) is 22.0 Å². The van der Waals surface area contributed by atoms with Crippen LogP contribution in [0.4, 0.5) is 11.4 Å². The summed E-state index contributed by atoms with van der Waals surface area (Å²) in [7, 11) is 0. The van der Waals surface area contributed by atoms with E-state index in [2.05, 4.69) is 10.6 Å². The number of amides is 2. The van der Waals surface area contributed by atoms with Gasteiger partial charge in [0.1, 0.15) is 6.04 Å². The molecule has 0 aliphatic heterocycles. The Morgan fingerprint density at radius 1 is 1.09 bits per heavy atom. The zero-order chi connectivity index (χ0) is 16.1. The van der Waals surface area contributed by atoms with E-state index in [1.165, 1.54) is 0 Å². The molecule has 2 aromatic rings. The lowest BCUT2D eigenvalue weighted by Crippen LogP contribution is -2.31. The lowest BCUT2D eigenvalue weighted by atomic mass is 10.1. The Morgan fingerprint density at radius 2 is 1.77 bits per heavy atom. The molecule has 6 heteroatoms. The molecule has 0 fully saturated rings. The summed E-state index contributed by atoms with van der Waals surface area (Å²) in [5, 5.41) is 6.33. The fraction of sp³-hybridized carbons (Fsp3) is 0.125. The zero-order valence-corrected chi connectivity index (χ0v) is 12.7. The summed E-state index contributed by atoms with van der Waals surface area (Å²) < 4.78 is 0. The summed E-state index contributed by atoms with van der Waals surface area (Å²) in [5.41, 5.74) is 6.88. The van der Waals surface area contributed by atoms with Gasteiger partial charge < -0.3 is 16.4 Å². The van der Waals surface area contributed by atoms with Gasteiger partial charge in [-0.3, -0.25) is 9.59 Å². The summed E-state index contributed by atoms with van der Waals surface area (Å²) in [6.07, 6.45) is 0. The lowest BCUT2D eigenvalue weighted by molar-refractivity contribution is -0.116. The number of benzene rings is 2. The lowest BCUT2D eigenvalue weighted by Gasteiger charge is -2.15. The van der Waals surface area contributed by atoms with E-state index in [1.54, 1.807) is 55.5 Å². The quantitative estimate of drug-likeness (QED) is 0.792. The van der Waals surface area contributed by atoms with Crippen molar-refractivity contribution in [1.29, 1.82) is 0 Å². The molecule has 0 radical (unpaired) electrons. The summed E-state index contributed by atoms with van der Waals surface area (Å²) in [5.74, 6) is -0.730. The molecule has 0 aliphatic carbocycles. The summed E-state index contributed by atoms with van der Waals surface area (Å²) in [4.78, 5) is 23.3. The molecule has 0 spiro atoms.